The average Bonchev–Trinajstić information content (AvgIpc) is 3.00. The van der Waals surface area contributed by atoms with Crippen LogP contribution in [0.15, 0.2) is 54.2 Å². The second-order valence-electron chi connectivity index (χ2n) is 8.56. The van der Waals surface area contributed by atoms with Crippen molar-refractivity contribution in [1.82, 2.24) is 14.7 Å². The van der Waals surface area contributed by atoms with Gasteiger partial charge in [0, 0.05) is 18.1 Å². The Morgan fingerprint density at radius 3 is 2.19 bits per heavy atom. The van der Waals surface area contributed by atoms with E-state index in [1.54, 1.807) is 12.1 Å². The minimum atomic E-state index is -0.248. The summed E-state index contributed by atoms with van der Waals surface area (Å²) in [6.45, 7) is 4.24. The number of hydrogen-bond acceptors (Lipinski definition) is 4. The molecule has 4 rings (SSSR count). The molecular formula is C25H28ClN3O2. The van der Waals surface area contributed by atoms with E-state index in [0.29, 0.717) is 16.3 Å². The number of aryl methyl sites for hydroxylation is 1. The predicted molar refractivity (Wildman–Crippen MR) is 123 cm³/mol. The lowest BCUT2D eigenvalue weighted by Gasteiger charge is -2.36. The number of imide groups is 1. The van der Waals surface area contributed by atoms with Gasteiger partial charge >= 0.3 is 0 Å². The highest BCUT2D eigenvalue weighted by atomic mass is 35.5. The number of rotatable bonds is 5. The van der Waals surface area contributed by atoms with Crippen LogP contribution in [0.25, 0.3) is 5.57 Å². The van der Waals surface area contributed by atoms with Crippen LogP contribution in [0.2, 0.25) is 5.02 Å². The maximum Gasteiger partial charge on any atom is 0.278 e. The quantitative estimate of drug-likeness (QED) is 0.664. The highest BCUT2D eigenvalue weighted by molar-refractivity contribution is 6.35. The standard InChI is InChI=1S/C25H28ClN3O2/c1-17-4-6-18(7-5-17)16-29-24(30)22(19-8-10-20(26)11-9-19)23(25(29)31)28(3)21-12-14-27(2)15-13-21/h4-11,21H,12-16H2,1-3H3. The number of benzene rings is 2. The Balaban J connectivity index is 1.70. The maximum atomic E-state index is 13.6. The first kappa shape index (κ1) is 21.6. The van der Waals surface area contributed by atoms with E-state index in [1.807, 2.05) is 55.3 Å². The first-order chi connectivity index (χ1) is 14.8. The SMILES string of the molecule is Cc1ccc(CN2C(=O)C(c3ccc(Cl)cc3)=C(N(C)C3CCN(C)CC3)C2=O)cc1. The van der Waals surface area contributed by atoms with Crippen molar-refractivity contribution < 1.29 is 9.59 Å². The van der Waals surface area contributed by atoms with Gasteiger partial charge < -0.3 is 9.80 Å². The van der Waals surface area contributed by atoms with Gasteiger partial charge in [-0.3, -0.25) is 14.5 Å². The summed E-state index contributed by atoms with van der Waals surface area (Å²) in [6.07, 6.45) is 1.92. The highest BCUT2D eigenvalue weighted by Gasteiger charge is 2.42. The highest BCUT2D eigenvalue weighted by Crippen LogP contribution is 2.34. The average molecular weight is 438 g/mol. The fourth-order valence-electron chi connectivity index (χ4n) is 4.35. The third-order valence-corrected chi connectivity index (χ3v) is 6.58. The molecule has 2 aromatic carbocycles. The van der Waals surface area contributed by atoms with E-state index in [9.17, 15) is 9.59 Å². The van der Waals surface area contributed by atoms with Crippen LogP contribution in [-0.4, -0.2) is 59.7 Å². The second kappa shape index (κ2) is 8.85. The molecule has 0 aliphatic carbocycles. The van der Waals surface area contributed by atoms with Gasteiger partial charge in [0.15, 0.2) is 0 Å². The molecule has 2 aliphatic heterocycles. The number of likely N-dealkylation sites (N-methyl/N-ethyl adjacent to an activating group) is 1. The minimum absolute atomic E-state index is 0.225. The molecule has 0 unspecified atom stereocenters. The molecule has 162 valence electrons. The number of nitrogens with zero attached hydrogens (tertiary/aromatic N) is 3. The molecule has 5 nitrogen and oxygen atoms in total. The number of amides is 2. The number of halogens is 1. The van der Waals surface area contributed by atoms with Crippen LogP contribution in [0.1, 0.15) is 29.5 Å². The largest absolute Gasteiger partial charge is 0.366 e. The molecule has 31 heavy (non-hydrogen) atoms. The molecule has 0 radical (unpaired) electrons. The van der Waals surface area contributed by atoms with E-state index < -0.39 is 0 Å². The third kappa shape index (κ3) is 4.39. The Bertz CT molecular complexity index is 1010. The minimum Gasteiger partial charge on any atom is -0.366 e. The van der Waals surface area contributed by atoms with Crippen molar-refractivity contribution in [2.24, 2.45) is 0 Å². The van der Waals surface area contributed by atoms with E-state index in [4.69, 9.17) is 11.6 Å². The van der Waals surface area contributed by atoms with Crippen molar-refractivity contribution in [2.45, 2.75) is 32.4 Å². The number of piperidine rings is 1. The Labute approximate surface area is 188 Å². The number of likely N-dealkylation sites (tertiary alicyclic amines) is 1. The lowest BCUT2D eigenvalue weighted by Crippen LogP contribution is -2.43. The van der Waals surface area contributed by atoms with Gasteiger partial charge in [0.05, 0.1) is 12.1 Å². The number of carbonyl (C=O) groups excluding carboxylic acids is 2. The zero-order valence-corrected chi connectivity index (χ0v) is 19.0. The molecule has 2 heterocycles. The second-order valence-corrected chi connectivity index (χ2v) is 8.99. The number of carbonyl (C=O) groups is 2. The summed E-state index contributed by atoms with van der Waals surface area (Å²) in [7, 11) is 4.06. The van der Waals surface area contributed by atoms with Crippen molar-refractivity contribution in [2.75, 3.05) is 27.2 Å². The lowest BCUT2D eigenvalue weighted by atomic mass is 10.0. The lowest BCUT2D eigenvalue weighted by molar-refractivity contribution is -0.138. The summed E-state index contributed by atoms with van der Waals surface area (Å²) in [6, 6.07) is 15.3. The molecule has 2 aromatic rings. The van der Waals surface area contributed by atoms with E-state index in [2.05, 4.69) is 11.9 Å². The van der Waals surface area contributed by atoms with Crippen LogP contribution in [0, 0.1) is 6.92 Å². The van der Waals surface area contributed by atoms with Gasteiger partial charge in [-0.25, -0.2) is 0 Å². The third-order valence-electron chi connectivity index (χ3n) is 6.33. The van der Waals surface area contributed by atoms with Gasteiger partial charge in [-0.2, -0.15) is 0 Å². The van der Waals surface area contributed by atoms with Crippen LogP contribution in [-0.2, 0) is 16.1 Å². The van der Waals surface area contributed by atoms with Crippen LogP contribution in [0.5, 0.6) is 0 Å². The van der Waals surface area contributed by atoms with Crippen molar-refractivity contribution >= 4 is 29.0 Å². The molecule has 0 atom stereocenters. The van der Waals surface area contributed by atoms with Crippen LogP contribution in [0.4, 0.5) is 0 Å². The zero-order chi connectivity index (χ0) is 22.1. The molecule has 2 amide bonds. The summed E-state index contributed by atoms with van der Waals surface area (Å²) in [5.74, 6) is -0.473. The first-order valence-corrected chi connectivity index (χ1v) is 11.1. The summed E-state index contributed by atoms with van der Waals surface area (Å²) in [5.41, 5.74) is 3.77. The number of hydrogen-bond donors (Lipinski definition) is 0. The predicted octanol–water partition coefficient (Wildman–Crippen LogP) is 3.95. The maximum absolute atomic E-state index is 13.6. The van der Waals surface area contributed by atoms with Crippen molar-refractivity contribution in [1.29, 1.82) is 0 Å². The van der Waals surface area contributed by atoms with E-state index in [1.165, 1.54) is 4.90 Å². The molecule has 0 spiro atoms. The summed E-state index contributed by atoms with van der Waals surface area (Å²) in [5, 5.41) is 0.600. The van der Waals surface area contributed by atoms with Crippen LogP contribution in [0.3, 0.4) is 0 Å². The van der Waals surface area contributed by atoms with Crippen molar-refractivity contribution in [3.05, 3.63) is 75.9 Å². The molecule has 1 saturated heterocycles. The Kier molecular flexibility index (Phi) is 6.17. The van der Waals surface area contributed by atoms with Gasteiger partial charge in [-0.05, 0) is 63.2 Å². The monoisotopic (exact) mass is 437 g/mol. The van der Waals surface area contributed by atoms with E-state index in [-0.39, 0.29) is 24.4 Å². The summed E-state index contributed by atoms with van der Waals surface area (Å²) < 4.78 is 0. The molecule has 2 aliphatic rings. The van der Waals surface area contributed by atoms with E-state index in [0.717, 1.165) is 42.6 Å². The van der Waals surface area contributed by atoms with Crippen LogP contribution >= 0.6 is 11.6 Å². The van der Waals surface area contributed by atoms with Crippen molar-refractivity contribution in [3.63, 3.8) is 0 Å². The van der Waals surface area contributed by atoms with E-state index >= 15 is 0 Å². The van der Waals surface area contributed by atoms with Gasteiger partial charge in [-0.15, -0.1) is 0 Å². The Hall–Kier alpha value is -2.63. The Morgan fingerprint density at radius 2 is 1.58 bits per heavy atom. The molecule has 0 saturated carbocycles. The topological polar surface area (TPSA) is 43.9 Å². The first-order valence-electron chi connectivity index (χ1n) is 10.7. The van der Waals surface area contributed by atoms with Gasteiger partial charge in [0.2, 0.25) is 0 Å². The van der Waals surface area contributed by atoms with Crippen LogP contribution < -0.4 is 0 Å². The molecule has 6 heteroatoms. The summed E-state index contributed by atoms with van der Waals surface area (Å²) >= 11 is 6.07. The smallest absolute Gasteiger partial charge is 0.278 e. The molecule has 0 aromatic heterocycles. The molecule has 0 N–H and O–H groups in total. The fraction of sp³-hybridized carbons (Fsp3) is 0.360. The normalized spacial score (nSPS) is 18.3. The summed E-state index contributed by atoms with van der Waals surface area (Å²) in [4.78, 5) is 32.8. The molecule has 1 fully saturated rings. The fourth-order valence-corrected chi connectivity index (χ4v) is 4.48. The molecule has 0 bridgehead atoms. The van der Waals surface area contributed by atoms with Gasteiger partial charge in [0.1, 0.15) is 5.70 Å². The molecular weight excluding hydrogens is 410 g/mol. The van der Waals surface area contributed by atoms with Gasteiger partial charge in [-0.1, -0.05) is 53.6 Å². The Morgan fingerprint density at radius 1 is 0.968 bits per heavy atom. The zero-order valence-electron chi connectivity index (χ0n) is 18.3. The van der Waals surface area contributed by atoms with Crippen molar-refractivity contribution in [3.8, 4) is 0 Å². The van der Waals surface area contributed by atoms with Gasteiger partial charge in [0.25, 0.3) is 11.8 Å².